The number of ether oxygens (including phenoxy) is 1. The van der Waals surface area contributed by atoms with Gasteiger partial charge in [-0.1, -0.05) is 36.2 Å². The molecule has 1 aromatic rings. The first kappa shape index (κ1) is 16.9. The van der Waals surface area contributed by atoms with Crippen LogP contribution in [0.4, 0.5) is 0 Å². The Hall–Kier alpha value is -0.480. The van der Waals surface area contributed by atoms with Crippen molar-refractivity contribution < 1.29 is 4.74 Å². The molecule has 0 saturated carbocycles. The van der Waals surface area contributed by atoms with Crippen molar-refractivity contribution in [2.24, 2.45) is 0 Å². The molecule has 118 valence electrons. The molecule has 1 aromatic carbocycles. The van der Waals surface area contributed by atoms with Gasteiger partial charge in [-0.3, -0.25) is 4.90 Å². The molecule has 0 aliphatic carbocycles. The van der Waals surface area contributed by atoms with Crippen molar-refractivity contribution in [1.82, 2.24) is 10.2 Å². The zero-order chi connectivity index (χ0) is 15.1. The van der Waals surface area contributed by atoms with Crippen LogP contribution in [0.5, 0.6) is 5.75 Å². The van der Waals surface area contributed by atoms with Gasteiger partial charge in [0, 0.05) is 19.1 Å². The van der Waals surface area contributed by atoms with E-state index in [-0.39, 0.29) is 0 Å². The minimum absolute atomic E-state index is 0.571. The second-order valence-corrected chi connectivity index (χ2v) is 6.31. The highest BCUT2D eigenvalue weighted by Gasteiger charge is 2.17. The largest absolute Gasteiger partial charge is 0.489 e. The predicted octanol–water partition coefficient (Wildman–Crippen LogP) is 3.84. The molecule has 0 bridgehead atoms. The second kappa shape index (κ2) is 8.84. The Bertz CT molecular complexity index is 416. The molecule has 1 N–H and O–H groups in total. The van der Waals surface area contributed by atoms with Crippen molar-refractivity contribution in [1.29, 1.82) is 0 Å². The number of hydrogen-bond acceptors (Lipinski definition) is 3. The summed E-state index contributed by atoms with van der Waals surface area (Å²) in [6, 6.07) is 6.05. The van der Waals surface area contributed by atoms with E-state index < -0.39 is 0 Å². The van der Waals surface area contributed by atoms with Gasteiger partial charge >= 0.3 is 0 Å². The molecule has 1 aliphatic rings. The third-order valence-corrected chi connectivity index (χ3v) is 4.35. The number of hydrogen-bond donors (Lipinski definition) is 1. The van der Waals surface area contributed by atoms with Crippen molar-refractivity contribution in [3.63, 3.8) is 0 Å². The topological polar surface area (TPSA) is 24.5 Å². The van der Waals surface area contributed by atoms with E-state index in [1.807, 2.05) is 6.07 Å². The lowest BCUT2D eigenvalue weighted by Gasteiger charge is -2.25. The summed E-state index contributed by atoms with van der Waals surface area (Å²) in [6.45, 7) is 7.05. The molecule has 1 saturated heterocycles. The molecule has 0 aromatic heterocycles. The van der Waals surface area contributed by atoms with Gasteiger partial charge in [-0.05, 0) is 44.5 Å². The molecule has 3 nitrogen and oxygen atoms in total. The Kier molecular flexibility index (Phi) is 7.11. The molecule has 5 heteroatoms. The van der Waals surface area contributed by atoms with Crippen LogP contribution in [0.25, 0.3) is 0 Å². The summed E-state index contributed by atoms with van der Waals surface area (Å²) in [6.07, 6.45) is 3.72. The standard InChI is InChI=1S/C16H24Cl2N2O/c1-2-9-20(12-13-5-4-8-19-13)10-11-21-16-14(17)6-3-7-15(16)18/h3,6-7,13,19H,2,4-5,8-12H2,1H3. The molecule has 0 spiro atoms. The minimum atomic E-state index is 0.571. The van der Waals surface area contributed by atoms with Crippen LogP contribution in [-0.4, -0.2) is 43.7 Å². The van der Waals surface area contributed by atoms with Crippen LogP contribution in [0.3, 0.4) is 0 Å². The first-order valence-electron chi connectivity index (χ1n) is 7.73. The molecule has 2 rings (SSSR count). The lowest BCUT2D eigenvalue weighted by atomic mass is 10.2. The first-order chi connectivity index (χ1) is 10.2. The van der Waals surface area contributed by atoms with E-state index in [4.69, 9.17) is 27.9 Å². The normalized spacial score (nSPS) is 18.4. The first-order valence-corrected chi connectivity index (χ1v) is 8.49. The second-order valence-electron chi connectivity index (χ2n) is 5.49. The maximum atomic E-state index is 6.11. The summed E-state index contributed by atoms with van der Waals surface area (Å²) in [7, 11) is 0. The Morgan fingerprint density at radius 1 is 1.29 bits per heavy atom. The minimum Gasteiger partial charge on any atom is -0.489 e. The van der Waals surface area contributed by atoms with Crippen LogP contribution in [0, 0.1) is 0 Å². The van der Waals surface area contributed by atoms with Gasteiger partial charge in [-0.2, -0.15) is 0 Å². The molecule has 0 amide bonds. The van der Waals surface area contributed by atoms with Gasteiger partial charge in [-0.25, -0.2) is 0 Å². The van der Waals surface area contributed by atoms with Crippen molar-refractivity contribution in [2.45, 2.75) is 32.2 Å². The quantitative estimate of drug-likeness (QED) is 0.783. The van der Waals surface area contributed by atoms with Gasteiger partial charge in [0.1, 0.15) is 6.61 Å². The molecule has 1 fully saturated rings. The van der Waals surface area contributed by atoms with Crippen LogP contribution in [0.15, 0.2) is 18.2 Å². The highest BCUT2D eigenvalue weighted by molar-refractivity contribution is 6.37. The van der Waals surface area contributed by atoms with Crippen LogP contribution >= 0.6 is 23.2 Å². The average molecular weight is 331 g/mol. The zero-order valence-corrected chi connectivity index (χ0v) is 14.1. The Morgan fingerprint density at radius 3 is 2.67 bits per heavy atom. The lowest BCUT2D eigenvalue weighted by molar-refractivity contribution is 0.196. The summed E-state index contributed by atoms with van der Waals surface area (Å²) >= 11 is 12.2. The zero-order valence-electron chi connectivity index (χ0n) is 12.6. The molecule has 0 radical (unpaired) electrons. The van der Waals surface area contributed by atoms with Crippen LogP contribution in [0.2, 0.25) is 10.0 Å². The van der Waals surface area contributed by atoms with Crippen LogP contribution < -0.4 is 10.1 Å². The molecular weight excluding hydrogens is 307 g/mol. The van der Waals surface area contributed by atoms with E-state index in [0.29, 0.717) is 28.4 Å². The van der Waals surface area contributed by atoms with Gasteiger partial charge in [-0.15, -0.1) is 0 Å². The fourth-order valence-corrected chi connectivity index (χ4v) is 3.24. The Morgan fingerprint density at radius 2 is 2.05 bits per heavy atom. The highest BCUT2D eigenvalue weighted by atomic mass is 35.5. The maximum Gasteiger partial charge on any atom is 0.156 e. The fourth-order valence-electron chi connectivity index (χ4n) is 2.73. The maximum absolute atomic E-state index is 6.11. The van der Waals surface area contributed by atoms with Gasteiger partial charge in [0.25, 0.3) is 0 Å². The average Bonchev–Trinajstić information content (AvgIpc) is 2.95. The summed E-state index contributed by atoms with van der Waals surface area (Å²) in [5.41, 5.74) is 0. The van der Waals surface area contributed by atoms with E-state index in [9.17, 15) is 0 Å². The van der Waals surface area contributed by atoms with Crippen molar-refractivity contribution in [2.75, 3.05) is 32.8 Å². The third kappa shape index (κ3) is 5.33. The number of rotatable bonds is 8. The van der Waals surface area contributed by atoms with E-state index in [1.165, 1.54) is 12.8 Å². The molecule has 21 heavy (non-hydrogen) atoms. The molecule has 1 unspecified atom stereocenters. The van der Waals surface area contributed by atoms with Gasteiger partial charge in [0.2, 0.25) is 0 Å². The Balaban J connectivity index is 1.81. The fraction of sp³-hybridized carbons (Fsp3) is 0.625. The van der Waals surface area contributed by atoms with Crippen molar-refractivity contribution in [3.8, 4) is 5.75 Å². The smallest absolute Gasteiger partial charge is 0.156 e. The summed E-state index contributed by atoms with van der Waals surface area (Å²) in [5.74, 6) is 0.594. The van der Waals surface area contributed by atoms with Gasteiger partial charge < -0.3 is 10.1 Å². The molecule has 1 aliphatic heterocycles. The number of halogens is 2. The SMILES string of the molecule is CCCN(CCOc1c(Cl)cccc1Cl)CC1CCCN1. The number of benzene rings is 1. The van der Waals surface area contributed by atoms with Crippen molar-refractivity contribution in [3.05, 3.63) is 28.2 Å². The summed E-state index contributed by atoms with van der Waals surface area (Å²) in [4.78, 5) is 2.45. The summed E-state index contributed by atoms with van der Waals surface area (Å²) < 4.78 is 5.78. The van der Waals surface area contributed by atoms with Crippen LogP contribution in [0.1, 0.15) is 26.2 Å². The molecule has 1 heterocycles. The molecular formula is C16H24Cl2N2O. The third-order valence-electron chi connectivity index (χ3n) is 3.75. The monoisotopic (exact) mass is 330 g/mol. The predicted molar refractivity (Wildman–Crippen MR) is 89.7 cm³/mol. The molecule has 1 atom stereocenters. The van der Waals surface area contributed by atoms with Crippen LogP contribution in [-0.2, 0) is 0 Å². The van der Waals surface area contributed by atoms with E-state index in [0.717, 1.165) is 32.6 Å². The van der Waals surface area contributed by atoms with E-state index in [1.54, 1.807) is 12.1 Å². The van der Waals surface area contributed by atoms with Gasteiger partial charge in [0.05, 0.1) is 10.0 Å². The van der Waals surface area contributed by atoms with E-state index in [2.05, 4.69) is 17.1 Å². The lowest BCUT2D eigenvalue weighted by Crippen LogP contribution is -2.39. The summed E-state index contributed by atoms with van der Waals surface area (Å²) in [5, 5.41) is 4.69. The number of nitrogens with zero attached hydrogens (tertiary/aromatic N) is 1. The van der Waals surface area contributed by atoms with Gasteiger partial charge in [0.15, 0.2) is 5.75 Å². The van der Waals surface area contributed by atoms with E-state index >= 15 is 0 Å². The number of para-hydroxylation sites is 1. The Labute approximate surface area is 137 Å². The highest BCUT2D eigenvalue weighted by Crippen LogP contribution is 2.32. The number of nitrogens with one attached hydrogen (secondary N) is 1. The van der Waals surface area contributed by atoms with Crippen molar-refractivity contribution >= 4 is 23.2 Å².